The number of carbonyl (C=O) groups excluding carboxylic acids is 2. The Morgan fingerprint density at radius 2 is 1.86 bits per heavy atom. The van der Waals surface area contributed by atoms with Crippen molar-refractivity contribution in [2.75, 3.05) is 19.6 Å². The zero-order valence-electron chi connectivity index (χ0n) is 21.0. The summed E-state index contributed by atoms with van der Waals surface area (Å²) in [6.07, 6.45) is 3.94. The number of piperidine rings is 1. The molecular weight excluding hydrogens is 454 g/mol. The summed E-state index contributed by atoms with van der Waals surface area (Å²) >= 11 is 0. The predicted octanol–water partition coefficient (Wildman–Crippen LogP) is 4.69. The summed E-state index contributed by atoms with van der Waals surface area (Å²) in [7, 11) is 1.84. The van der Waals surface area contributed by atoms with Gasteiger partial charge in [0.1, 0.15) is 5.69 Å². The van der Waals surface area contributed by atoms with Crippen molar-refractivity contribution >= 4 is 22.8 Å². The first-order valence-corrected chi connectivity index (χ1v) is 12.5. The number of aryl methyl sites for hydroxylation is 2. The van der Waals surface area contributed by atoms with E-state index in [1.54, 1.807) is 10.9 Å². The normalized spacial score (nSPS) is 14.4. The Bertz CT molecular complexity index is 1370. The highest BCUT2D eigenvalue weighted by Gasteiger charge is 2.32. The van der Waals surface area contributed by atoms with E-state index in [-0.39, 0.29) is 17.9 Å². The molecule has 2 amide bonds. The van der Waals surface area contributed by atoms with Crippen LogP contribution < -0.4 is 0 Å². The van der Waals surface area contributed by atoms with E-state index in [0.717, 1.165) is 30.3 Å². The molecule has 36 heavy (non-hydrogen) atoms. The number of fused-ring (bicyclic) bond motifs is 1. The molecule has 8 nitrogen and oxygen atoms in total. The maximum absolute atomic E-state index is 14.1. The average molecular weight is 486 g/mol. The molecule has 8 heteroatoms. The number of pyridine rings is 1. The fourth-order valence-corrected chi connectivity index (χ4v) is 5.15. The fraction of sp³-hybridized carbons (Fsp3) is 0.357. The van der Waals surface area contributed by atoms with Gasteiger partial charge in [-0.15, -0.1) is 0 Å². The first-order chi connectivity index (χ1) is 17.5. The lowest BCUT2D eigenvalue weighted by Crippen LogP contribution is -2.49. The maximum Gasteiger partial charge on any atom is 0.255 e. The number of rotatable bonds is 6. The number of hydrogen-bond donors (Lipinski definition) is 0. The van der Waals surface area contributed by atoms with E-state index >= 15 is 0 Å². The molecule has 0 N–H and O–H groups in total. The molecule has 1 aromatic carbocycles. The maximum atomic E-state index is 14.1. The fourth-order valence-electron chi connectivity index (χ4n) is 5.15. The molecule has 0 spiro atoms. The first kappa shape index (κ1) is 23.8. The molecule has 1 saturated heterocycles. The van der Waals surface area contributed by atoms with E-state index in [1.807, 2.05) is 72.3 Å². The molecule has 4 heterocycles. The molecule has 0 atom stereocenters. The topological polar surface area (TPSA) is 84.5 Å². The summed E-state index contributed by atoms with van der Waals surface area (Å²) in [5, 5.41) is 5.31. The molecule has 0 bridgehead atoms. The molecule has 3 aromatic heterocycles. The Balaban J connectivity index is 1.43. The molecule has 0 radical (unpaired) electrons. The smallest absolute Gasteiger partial charge is 0.255 e. The van der Waals surface area contributed by atoms with Gasteiger partial charge in [-0.25, -0.2) is 4.98 Å². The quantitative estimate of drug-likeness (QED) is 0.395. The highest BCUT2D eigenvalue weighted by atomic mass is 16.3. The van der Waals surface area contributed by atoms with Gasteiger partial charge in [-0.3, -0.25) is 14.3 Å². The second kappa shape index (κ2) is 9.97. The molecule has 4 aromatic rings. The van der Waals surface area contributed by atoms with E-state index in [2.05, 4.69) is 12.0 Å². The van der Waals surface area contributed by atoms with Crippen LogP contribution in [-0.4, -0.2) is 62.1 Å². The third-order valence-corrected chi connectivity index (χ3v) is 6.91. The molecule has 1 fully saturated rings. The van der Waals surface area contributed by atoms with E-state index < -0.39 is 0 Å². The number of benzene rings is 1. The molecule has 0 aliphatic carbocycles. The zero-order valence-corrected chi connectivity index (χ0v) is 21.0. The van der Waals surface area contributed by atoms with E-state index in [4.69, 9.17) is 9.40 Å². The van der Waals surface area contributed by atoms with Crippen LogP contribution in [0.15, 0.2) is 59.2 Å². The lowest BCUT2D eigenvalue weighted by atomic mass is 9.99. The molecule has 5 rings (SSSR count). The predicted molar refractivity (Wildman–Crippen MR) is 138 cm³/mol. The van der Waals surface area contributed by atoms with Crippen LogP contribution in [0.5, 0.6) is 0 Å². The molecule has 0 unspecified atom stereocenters. The van der Waals surface area contributed by atoms with Gasteiger partial charge in [-0.2, -0.15) is 5.10 Å². The second-order valence-corrected chi connectivity index (χ2v) is 9.33. The largest absolute Gasteiger partial charge is 0.463 e. The minimum atomic E-state index is -0.0269. The van der Waals surface area contributed by atoms with Crippen LogP contribution in [0, 0.1) is 6.92 Å². The van der Waals surface area contributed by atoms with Crippen LogP contribution in [0.2, 0.25) is 0 Å². The Labute approximate surface area is 210 Å². The van der Waals surface area contributed by atoms with Gasteiger partial charge in [0.2, 0.25) is 0 Å². The monoisotopic (exact) mass is 485 g/mol. The van der Waals surface area contributed by atoms with Crippen LogP contribution in [0.25, 0.3) is 22.5 Å². The summed E-state index contributed by atoms with van der Waals surface area (Å²) in [6, 6.07) is 14.9. The minimum absolute atomic E-state index is 0.0269. The summed E-state index contributed by atoms with van der Waals surface area (Å²) < 4.78 is 7.30. The minimum Gasteiger partial charge on any atom is -0.463 e. The molecule has 1 aliphatic rings. The van der Waals surface area contributed by atoms with Crippen molar-refractivity contribution in [3.63, 3.8) is 0 Å². The lowest BCUT2D eigenvalue weighted by Gasteiger charge is -2.38. The van der Waals surface area contributed by atoms with Gasteiger partial charge in [0.25, 0.3) is 11.8 Å². The van der Waals surface area contributed by atoms with Gasteiger partial charge in [0.15, 0.2) is 11.4 Å². The third-order valence-electron chi connectivity index (χ3n) is 6.91. The average Bonchev–Trinajstić information content (AvgIpc) is 3.55. The van der Waals surface area contributed by atoms with Crippen LogP contribution in [0.1, 0.15) is 52.6 Å². The van der Waals surface area contributed by atoms with Crippen LogP contribution in [-0.2, 0) is 7.05 Å². The van der Waals surface area contributed by atoms with Crippen molar-refractivity contribution in [3.8, 4) is 11.5 Å². The van der Waals surface area contributed by atoms with Crippen molar-refractivity contribution < 1.29 is 14.0 Å². The third kappa shape index (κ3) is 4.39. The van der Waals surface area contributed by atoms with E-state index in [9.17, 15) is 9.59 Å². The number of likely N-dealkylation sites (tertiary alicyclic amines) is 1. The summed E-state index contributed by atoms with van der Waals surface area (Å²) in [5.74, 6) is 0.632. The van der Waals surface area contributed by atoms with Gasteiger partial charge < -0.3 is 14.2 Å². The zero-order chi connectivity index (χ0) is 25.2. The standard InChI is InChI=1S/C28H31N5O3/c1-4-14-33(21-12-15-32(16-13-21)27(34)20-9-6-5-7-10-20)28(35)22-18-23(24-11-8-17-36-24)29-26-25(22)19(2)30-31(26)3/h5-11,17-18,21H,4,12-16H2,1-3H3. The van der Waals surface area contributed by atoms with Crippen molar-refractivity contribution in [1.29, 1.82) is 0 Å². The number of nitrogens with zero attached hydrogens (tertiary/aromatic N) is 5. The van der Waals surface area contributed by atoms with Gasteiger partial charge in [-0.05, 0) is 56.5 Å². The second-order valence-electron chi connectivity index (χ2n) is 9.33. The number of hydrogen-bond acceptors (Lipinski definition) is 5. The van der Waals surface area contributed by atoms with Crippen molar-refractivity contribution in [1.82, 2.24) is 24.6 Å². The Morgan fingerprint density at radius 3 is 2.53 bits per heavy atom. The lowest BCUT2D eigenvalue weighted by molar-refractivity contribution is 0.0520. The highest BCUT2D eigenvalue weighted by molar-refractivity contribution is 6.07. The molecule has 186 valence electrons. The number of aromatic nitrogens is 3. The van der Waals surface area contributed by atoms with Crippen LogP contribution >= 0.6 is 0 Å². The van der Waals surface area contributed by atoms with Crippen molar-refractivity contribution in [2.24, 2.45) is 7.05 Å². The summed E-state index contributed by atoms with van der Waals surface area (Å²) in [6.45, 7) is 5.89. The Kier molecular flexibility index (Phi) is 6.59. The number of carbonyl (C=O) groups is 2. The van der Waals surface area contributed by atoms with Crippen molar-refractivity contribution in [2.45, 2.75) is 39.2 Å². The molecule has 0 saturated carbocycles. The number of amides is 2. The number of furan rings is 1. The summed E-state index contributed by atoms with van der Waals surface area (Å²) in [5.41, 5.74) is 3.33. The molecular formula is C28H31N5O3. The molecule has 1 aliphatic heterocycles. The first-order valence-electron chi connectivity index (χ1n) is 12.5. The van der Waals surface area contributed by atoms with Gasteiger partial charge in [0, 0.05) is 38.3 Å². The summed E-state index contributed by atoms with van der Waals surface area (Å²) in [4.78, 5) is 35.7. The van der Waals surface area contributed by atoms with Gasteiger partial charge in [-0.1, -0.05) is 25.1 Å². The van der Waals surface area contributed by atoms with Crippen molar-refractivity contribution in [3.05, 3.63) is 71.6 Å². The van der Waals surface area contributed by atoms with Gasteiger partial charge >= 0.3 is 0 Å². The Morgan fingerprint density at radius 1 is 1.11 bits per heavy atom. The van der Waals surface area contributed by atoms with Gasteiger partial charge in [0.05, 0.1) is 22.9 Å². The SMILES string of the molecule is CCCN(C(=O)c1cc(-c2ccco2)nc2c1c(C)nn2C)C1CCN(C(=O)c2ccccc2)CC1. The Hall–Kier alpha value is -3.94. The van der Waals surface area contributed by atoms with Crippen LogP contribution in [0.3, 0.4) is 0 Å². The highest BCUT2D eigenvalue weighted by Crippen LogP contribution is 2.30. The van der Waals surface area contributed by atoms with E-state index in [1.165, 1.54) is 0 Å². The van der Waals surface area contributed by atoms with Crippen LogP contribution in [0.4, 0.5) is 0 Å². The van der Waals surface area contributed by atoms with E-state index in [0.29, 0.717) is 47.9 Å².